The Labute approximate surface area is 107 Å². The molecule has 0 fully saturated rings. The van der Waals surface area contributed by atoms with Gasteiger partial charge in [-0.25, -0.2) is 4.99 Å². The number of benzene rings is 1. The van der Waals surface area contributed by atoms with Crippen LogP contribution in [-0.4, -0.2) is 17.2 Å². The van der Waals surface area contributed by atoms with E-state index in [0.29, 0.717) is 0 Å². The van der Waals surface area contributed by atoms with Gasteiger partial charge in [0.15, 0.2) is 0 Å². The number of amides is 1. The average molecular weight is 259 g/mol. The van der Waals surface area contributed by atoms with E-state index in [4.69, 9.17) is 4.74 Å². The maximum Gasteiger partial charge on any atom is 0.324 e. The van der Waals surface area contributed by atoms with Crippen molar-refractivity contribution < 1.29 is 14.3 Å². The largest absolute Gasteiger partial charge is 0.472 e. The molecule has 1 aromatic rings. The van der Waals surface area contributed by atoms with Gasteiger partial charge < -0.3 is 4.74 Å². The number of rotatable bonds is 0. The summed E-state index contributed by atoms with van der Waals surface area (Å²) >= 11 is 0.815. The maximum absolute atomic E-state index is 11.4. The summed E-state index contributed by atoms with van der Waals surface area (Å²) in [6.45, 7) is 0. The minimum atomic E-state index is -0.789. The Morgan fingerprint density at radius 3 is 2.72 bits per heavy atom. The second kappa shape index (κ2) is 5.97. The van der Waals surface area contributed by atoms with Crippen LogP contribution in [0.2, 0.25) is 0 Å². The highest BCUT2D eigenvalue weighted by Crippen LogP contribution is 2.04. The number of aliphatic imine (C=N–C) groups is 1. The van der Waals surface area contributed by atoms with E-state index in [1.807, 2.05) is 24.3 Å². The number of hydrogen-bond donors (Lipinski definition) is 0. The highest BCUT2D eigenvalue weighted by atomic mass is 32.2. The number of fused-ring (bicyclic) bond motifs is 1. The fourth-order valence-electron chi connectivity index (χ4n) is 1.25. The minimum absolute atomic E-state index is 0.615. The van der Waals surface area contributed by atoms with E-state index >= 15 is 0 Å². The zero-order chi connectivity index (χ0) is 12.8. The van der Waals surface area contributed by atoms with E-state index in [2.05, 4.69) is 4.99 Å². The van der Waals surface area contributed by atoms with Crippen molar-refractivity contribution in [1.29, 1.82) is 0 Å². The summed E-state index contributed by atoms with van der Waals surface area (Å²) in [5.41, 5.74) is 0. The molecule has 0 atom stereocenters. The molecule has 1 heterocycles. The average Bonchev–Trinajstić information content (AvgIpc) is 2.39. The number of nitrogens with zero attached hydrogens (tertiary/aromatic N) is 1. The molecule has 0 spiro atoms. The van der Waals surface area contributed by atoms with Gasteiger partial charge in [0.2, 0.25) is 0 Å². The Hall–Kier alpha value is -2.14. The van der Waals surface area contributed by atoms with Crippen molar-refractivity contribution in [2.75, 3.05) is 0 Å². The number of ether oxygens (including phenoxy) is 1. The van der Waals surface area contributed by atoms with Crippen molar-refractivity contribution in [2.45, 2.75) is 0 Å². The van der Waals surface area contributed by atoms with Gasteiger partial charge in [0.25, 0.3) is 5.12 Å². The molecule has 1 amide bonds. The van der Waals surface area contributed by atoms with E-state index in [1.165, 1.54) is 18.6 Å². The van der Waals surface area contributed by atoms with Crippen LogP contribution < -0.4 is 10.4 Å². The van der Waals surface area contributed by atoms with Gasteiger partial charge in [-0.3, -0.25) is 9.59 Å². The number of hydrogen-bond acceptors (Lipinski definition) is 4. The summed E-state index contributed by atoms with van der Waals surface area (Å²) in [5, 5.41) is 2.63. The highest BCUT2D eigenvalue weighted by Gasteiger charge is 2.10. The fraction of sp³-hybridized carbons (Fsp3) is 0. The smallest absolute Gasteiger partial charge is 0.324 e. The lowest BCUT2D eigenvalue weighted by atomic mass is 10.3. The molecule has 1 aromatic carbocycles. The normalized spacial score (nSPS) is 15.6. The zero-order valence-corrected chi connectivity index (χ0v) is 10.1. The molecule has 18 heavy (non-hydrogen) atoms. The quantitative estimate of drug-likeness (QED) is 0.639. The molecule has 0 saturated heterocycles. The molecular weight excluding hydrogens is 250 g/mol. The first-order chi connectivity index (χ1) is 8.77. The first-order valence-electron chi connectivity index (χ1n) is 5.12. The van der Waals surface area contributed by atoms with Crippen LogP contribution >= 0.6 is 11.8 Å². The third-order valence-corrected chi connectivity index (χ3v) is 2.85. The Bertz CT molecular complexity index is 646. The van der Waals surface area contributed by atoms with Crippen LogP contribution in [0.15, 0.2) is 41.6 Å². The molecule has 0 radical (unpaired) electrons. The van der Waals surface area contributed by atoms with Gasteiger partial charge in [-0.1, -0.05) is 24.3 Å². The number of allylic oxidation sites excluding steroid dienone is 1. The van der Waals surface area contributed by atoms with Crippen LogP contribution in [0.3, 0.4) is 0 Å². The molecule has 0 bridgehead atoms. The van der Waals surface area contributed by atoms with Crippen molar-refractivity contribution in [1.82, 2.24) is 0 Å². The Kier molecular flexibility index (Phi) is 4.09. The molecule has 1 aliphatic rings. The summed E-state index contributed by atoms with van der Waals surface area (Å²) in [4.78, 5) is 26.2. The fourth-order valence-corrected chi connectivity index (χ4v) is 1.85. The van der Waals surface area contributed by atoms with E-state index in [9.17, 15) is 9.59 Å². The molecule has 90 valence electrons. The van der Waals surface area contributed by atoms with Crippen LogP contribution in [-0.2, 0) is 14.3 Å². The predicted molar refractivity (Wildman–Crippen MR) is 70.9 cm³/mol. The van der Waals surface area contributed by atoms with E-state index in [-0.39, 0.29) is 0 Å². The standard InChI is InChI=1S/C13H9NO3S/c15-12-13(16)18-9-11-5-2-1-4-10(11)8-17-7-3-6-14-12/h1-9H. The van der Waals surface area contributed by atoms with E-state index < -0.39 is 11.0 Å². The molecule has 2 rings (SSSR count). The molecular formula is C13H9NO3S. The van der Waals surface area contributed by atoms with Crippen LogP contribution in [0.4, 0.5) is 0 Å². The molecule has 5 heteroatoms. The van der Waals surface area contributed by atoms with Gasteiger partial charge in [0.1, 0.15) is 0 Å². The Morgan fingerprint density at radius 2 is 1.89 bits per heavy atom. The van der Waals surface area contributed by atoms with E-state index in [1.54, 1.807) is 11.7 Å². The molecule has 0 unspecified atom stereocenters. The lowest BCUT2D eigenvalue weighted by molar-refractivity contribution is -0.130. The topological polar surface area (TPSA) is 55.7 Å². The Morgan fingerprint density at radius 1 is 1.11 bits per heavy atom. The van der Waals surface area contributed by atoms with Crippen LogP contribution in [0.5, 0.6) is 0 Å². The Balaban J connectivity index is 2.48. The number of thioether (sulfide) groups is 1. The second-order valence-corrected chi connectivity index (χ2v) is 4.16. The monoisotopic (exact) mass is 259 g/mol. The third kappa shape index (κ3) is 3.18. The van der Waals surface area contributed by atoms with Gasteiger partial charge in [-0.05, 0) is 28.5 Å². The lowest BCUT2D eigenvalue weighted by Gasteiger charge is -1.94. The van der Waals surface area contributed by atoms with E-state index in [0.717, 1.165) is 22.2 Å². The van der Waals surface area contributed by atoms with Crippen LogP contribution in [0.25, 0.3) is 11.7 Å². The van der Waals surface area contributed by atoms with Crippen LogP contribution in [0, 0.1) is 0 Å². The second-order valence-electron chi connectivity index (χ2n) is 3.32. The SMILES string of the molecule is O=C1N=CC=COC=c2ccccc2=CSC1=O. The zero-order valence-electron chi connectivity index (χ0n) is 9.28. The van der Waals surface area contributed by atoms with Crippen molar-refractivity contribution in [3.8, 4) is 0 Å². The molecule has 0 N–H and O–H groups in total. The first-order valence-corrected chi connectivity index (χ1v) is 6.00. The summed E-state index contributed by atoms with van der Waals surface area (Å²) < 4.78 is 5.17. The molecule has 4 nitrogen and oxygen atoms in total. The number of carbonyl (C=O) groups is 2. The van der Waals surface area contributed by atoms with Gasteiger partial charge in [0, 0.05) is 11.4 Å². The van der Waals surface area contributed by atoms with Gasteiger partial charge in [-0.2, -0.15) is 0 Å². The van der Waals surface area contributed by atoms with Crippen molar-refractivity contribution in [2.24, 2.45) is 4.99 Å². The number of carbonyl (C=O) groups excluding carboxylic acids is 2. The first kappa shape index (κ1) is 12.3. The van der Waals surface area contributed by atoms with Gasteiger partial charge >= 0.3 is 5.91 Å². The van der Waals surface area contributed by atoms with Crippen LogP contribution in [0.1, 0.15) is 0 Å². The summed E-state index contributed by atoms with van der Waals surface area (Å²) in [6, 6.07) is 7.39. The predicted octanol–water partition coefficient (Wildman–Crippen LogP) is 0.564. The molecule has 0 aromatic heterocycles. The lowest BCUT2D eigenvalue weighted by Crippen LogP contribution is -2.23. The summed E-state index contributed by atoms with van der Waals surface area (Å²) in [5.74, 6) is -0.789. The molecule has 0 aliphatic carbocycles. The van der Waals surface area contributed by atoms with Crippen molar-refractivity contribution in [3.63, 3.8) is 0 Å². The summed E-state index contributed by atoms with van der Waals surface area (Å²) in [6.07, 6.45) is 5.61. The maximum atomic E-state index is 11.4. The highest BCUT2D eigenvalue weighted by molar-refractivity contribution is 8.21. The van der Waals surface area contributed by atoms with Gasteiger partial charge in [0.05, 0.1) is 12.5 Å². The van der Waals surface area contributed by atoms with Gasteiger partial charge in [-0.15, -0.1) is 0 Å². The van der Waals surface area contributed by atoms with Crippen molar-refractivity contribution in [3.05, 3.63) is 47.0 Å². The molecule has 0 saturated carbocycles. The summed E-state index contributed by atoms with van der Waals surface area (Å²) in [7, 11) is 0. The molecule has 1 aliphatic heterocycles. The van der Waals surface area contributed by atoms with Crippen molar-refractivity contribution >= 4 is 40.7 Å². The third-order valence-electron chi connectivity index (χ3n) is 2.09. The minimum Gasteiger partial charge on any atom is -0.472 e.